The van der Waals surface area contributed by atoms with Crippen molar-refractivity contribution < 1.29 is 4.42 Å². The first-order valence-corrected chi connectivity index (χ1v) is 17.6. The van der Waals surface area contributed by atoms with Crippen molar-refractivity contribution in [2.24, 2.45) is 0 Å². The molecule has 236 valence electrons. The fraction of sp³-hybridized carbons (Fsp3) is 0. The minimum Gasteiger partial charge on any atom is -0.456 e. The molecule has 0 unspecified atom stereocenters. The maximum Gasteiger partial charge on any atom is 0.136 e. The highest BCUT2D eigenvalue weighted by atomic mass is 16.3. The van der Waals surface area contributed by atoms with Crippen LogP contribution in [0.25, 0.3) is 109 Å². The van der Waals surface area contributed by atoms with Gasteiger partial charge >= 0.3 is 0 Å². The van der Waals surface area contributed by atoms with Crippen LogP contribution in [-0.2, 0) is 0 Å². The molecule has 0 fully saturated rings. The summed E-state index contributed by atoms with van der Waals surface area (Å²) < 4.78 is 6.39. The summed E-state index contributed by atoms with van der Waals surface area (Å²) in [6.07, 6.45) is 0. The molecule has 51 heavy (non-hydrogen) atoms. The Kier molecular flexibility index (Phi) is 6.02. The van der Waals surface area contributed by atoms with Crippen LogP contribution in [-0.4, -0.2) is 0 Å². The van der Waals surface area contributed by atoms with Crippen LogP contribution in [0.2, 0.25) is 0 Å². The van der Waals surface area contributed by atoms with Gasteiger partial charge in [-0.25, -0.2) is 0 Å². The molecule has 0 spiro atoms. The van der Waals surface area contributed by atoms with Crippen LogP contribution < -0.4 is 0 Å². The van der Waals surface area contributed by atoms with Gasteiger partial charge < -0.3 is 4.42 Å². The zero-order valence-electron chi connectivity index (χ0n) is 27.7. The van der Waals surface area contributed by atoms with Crippen LogP contribution in [0.15, 0.2) is 186 Å². The SMILES string of the molecule is c1ccc2c(c1)cc(-c1ccc(-c3c4ccccc4c(-c4ccc5oc6ccc7ccccc7c6c5c4)c4ccccc34)cc1)c1ccccc12. The van der Waals surface area contributed by atoms with Crippen molar-refractivity contribution in [2.45, 2.75) is 0 Å². The lowest BCUT2D eigenvalue weighted by atomic mass is 9.85. The number of benzene rings is 10. The molecule has 1 aromatic heterocycles. The third-order valence-electron chi connectivity index (χ3n) is 10.8. The molecule has 1 heteroatoms. The van der Waals surface area contributed by atoms with Crippen LogP contribution >= 0.6 is 0 Å². The van der Waals surface area contributed by atoms with Crippen LogP contribution in [0.5, 0.6) is 0 Å². The van der Waals surface area contributed by atoms with Crippen molar-refractivity contribution in [2.75, 3.05) is 0 Å². The summed E-state index contributed by atoms with van der Waals surface area (Å²) in [6.45, 7) is 0. The van der Waals surface area contributed by atoms with Gasteiger partial charge in [0.05, 0.1) is 0 Å². The minimum absolute atomic E-state index is 0.912. The summed E-state index contributed by atoms with van der Waals surface area (Å²) in [5.74, 6) is 0. The van der Waals surface area contributed by atoms with Crippen molar-refractivity contribution >= 4 is 75.8 Å². The Labute approximate surface area is 294 Å². The maximum atomic E-state index is 6.39. The summed E-state index contributed by atoms with van der Waals surface area (Å²) in [4.78, 5) is 0. The molecule has 11 aromatic rings. The number of hydrogen-bond acceptors (Lipinski definition) is 1. The molecular formula is C50H30O. The predicted octanol–water partition coefficient (Wildman–Crippen LogP) is 14.4. The quantitative estimate of drug-likeness (QED) is 0.138. The van der Waals surface area contributed by atoms with Crippen molar-refractivity contribution in [1.82, 2.24) is 0 Å². The molecule has 11 rings (SSSR count). The van der Waals surface area contributed by atoms with Crippen LogP contribution in [0.1, 0.15) is 0 Å². The van der Waals surface area contributed by atoms with Crippen molar-refractivity contribution in [1.29, 1.82) is 0 Å². The Hall–Kier alpha value is -6.70. The summed E-state index contributed by atoms with van der Waals surface area (Å²) in [5.41, 5.74) is 9.23. The third-order valence-corrected chi connectivity index (χ3v) is 10.8. The van der Waals surface area contributed by atoms with E-state index in [4.69, 9.17) is 4.42 Å². The molecule has 0 saturated heterocycles. The molecular weight excluding hydrogens is 617 g/mol. The molecule has 0 radical (unpaired) electrons. The fourth-order valence-electron chi connectivity index (χ4n) is 8.56. The lowest BCUT2D eigenvalue weighted by Crippen LogP contribution is -1.91. The molecule has 0 aliphatic heterocycles. The van der Waals surface area contributed by atoms with E-state index in [1.54, 1.807) is 0 Å². The Bertz CT molecular complexity index is 3120. The van der Waals surface area contributed by atoms with E-state index in [1.807, 2.05) is 0 Å². The number of furan rings is 1. The molecule has 1 nitrogen and oxygen atoms in total. The van der Waals surface area contributed by atoms with Crippen LogP contribution in [0, 0.1) is 0 Å². The summed E-state index contributed by atoms with van der Waals surface area (Å²) in [5, 5.41) is 14.9. The van der Waals surface area contributed by atoms with Gasteiger partial charge in [-0.1, -0.05) is 158 Å². The Morgan fingerprint density at radius 3 is 1.45 bits per heavy atom. The van der Waals surface area contributed by atoms with Crippen LogP contribution in [0.4, 0.5) is 0 Å². The van der Waals surface area contributed by atoms with Gasteiger partial charge in [0, 0.05) is 10.8 Å². The second-order valence-corrected chi connectivity index (χ2v) is 13.6. The van der Waals surface area contributed by atoms with Crippen molar-refractivity contribution in [3.63, 3.8) is 0 Å². The molecule has 10 aromatic carbocycles. The van der Waals surface area contributed by atoms with Gasteiger partial charge in [-0.05, 0) is 112 Å². The standard InChI is InChI=1S/C50H30O/c1-4-14-37-31(11-1)25-28-47-50(37)45-30-35(26-27-46(45)51-47)49-42-19-9-7-17-40(42)48(41-18-8-10-20-43(41)49)33-23-21-32(22-24-33)44-29-34-12-2-3-13-36(34)38-15-5-6-16-39(38)44/h1-30H. The van der Waals surface area contributed by atoms with E-state index >= 15 is 0 Å². The average Bonchev–Trinajstić information content (AvgIpc) is 3.58. The highest BCUT2D eigenvalue weighted by Crippen LogP contribution is 2.46. The van der Waals surface area contributed by atoms with Gasteiger partial charge in [0.2, 0.25) is 0 Å². The first kappa shape index (κ1) is 28.2. The molecule has 0 saturated carbocycles. The summed E-state index contributed by atoms with van der Waals surface area (Å²) >= 11 is 0. The van der Waals surface area contributed by atoms with E-state index in [1.165, 1.54) is 92.6 Å². The lowest BCUT2D eigenvalue weighted by Gasteiger charge is -2.18. The van der Waals surface area contributed by atoms with E-state index in [0.29, 0.717) is 0 Å². The van der Waals surface area contributed by atoms with E-state index in [2.05, 4.69) is 182 Å². The lowest BCUT2D eigenvalue weighted by molar-refractivity contribution is 0.669. The first-order valence-electron chi connectivity index (χ1n) is 17.6. The van der Waals surface area contributed by atoms with Crippen molar-refractivity contribution in [3.05, 3.63) is 182 Å². The summed E-state index contributed by atoms with van der Waals surface area (Å²) in [6, 6.07) is 66.3. The number of hydrogen-bond donors (Lipinski definition) is 0. The van der Waals surface area contributed by atoms with Gasteiger partial charge in [0.1, 0.15) is 11.2 Å². The molecule has 0 N–H and O–H groups in total. The Morgan fingerprint density at radius 1 is 0.275 bits per heavy atom. The Balaban J connectivity index is 1.12. The van der Waals surface area contributed by atoms with Gasteiger partial charge in [0.25, 0.3) is 0 Å². The van der Waals surface area contributed by atoms with Gasteiger partial charge in [-0.2, -0.15) is 0 Å². The summed E-state index contributed by atoms with van der Waals surface area (Å²) in [7, 11) is 0. The second kappa shape index (κ2) is 10.9. The molecule has 0 bridgehead atoms. The topological polar surface area (TPSA) is 13.1 Å². The smallest absolute Gasteiger partial charge is 0.136 e. The third kappa shape index (κ3) is 4.22. The molecule has 0 aliphatic carbocycles. The van der Waals surface area contributed by atoms with E-state index in [-0.39, 0.29) is 0 Å². The second-order valence-electron chi connectivity index (χ2n) is 13.6. The largest absolute Gasteiger partial charge is 0.456 e. The zero-order chi connectivity index (χ0) is 33.5. The van der Waals surface area contributed by atoms with E-state index in [9.17, 15) is 0 Å². The number of rotatable bonds is 3. The Morgan fingerprint density at radius 2 is 0.765 bits per heavy atom. The zero-order valence-corrected chi connectivity index (χ0v) is 27.7. The highest BCUT2D eigenvalue weighted by molar-refractivity contribution is 6.24. The van der Waals surface area contributed by atoms with Gasteiger partial charge in [-0.15, -0.1) is 0 Å². The van der Waals surface area contributed by atoms with E-state index in [0.717, 1.165) is 16.6 Å². The van der Waals surface area contributed by atoms with Crippen LogP contribution in [0.3, 0.4) is 0 Å². The number of fused-ring (bicyclic) bond motifs is 10. The molecule has 0 amide bonds. The average molecular weight is 647 g/mol. The monoisotopic (exact) mass is 646 g/mol. The maximum absolute atomic E-state index is 6.39. The molecule has 0 aliphatic rings. The predicted molar refractivity (Wildman–Crippen MR) is 218 cm³/mol. The normalized spacial score (nSPS) is 11.9. The molecule has 1 heterocycles. The minimum atomic E-state index is 0.912. The van der Waals surface area contributed by atoms with E-state index < -0.39 is 0 Å². The first-order chi connectivity index (χ1) is 25.3. The fourth-order valence-corrected chi connectivity index (χ4v) is 8.56. The molecule has 0 atom stereocenters. The van der Waals surface area contributed by atoms with Crippen molar-refractivity contribution in [3.8, 4) is 33.4 Å². The van der Waals surface area contributed by atoms with Gasteiger partial charge in [-0.3, -0.25) is 0 Å². The highest BCUT2D eigenvalue weighted by Gasteiger charge is 2.19. The van der Waals surface area contributed by atoms with Gasteiger partial charge in [0.15, 0.2) is 0 Å².